The maximum atomic E-state index is 14.9. The molecule has 35 heavy (non-hydrogen) atoms. The van der Waals surface area contributed by atoms with Gasteiger partial charge in [0, 0.05) is 13.1 Å². The minimum absolute atomic E-state index is 0.00124. The molecular weight excluding hydrogens is 465 g/mol. The van der Waals surface area contributed by atoms with Gasteiger partial charge in [-0.1, -0.05) is 54.1 Å². The van der Waals surface area contributed by atoms with E-state index in [1.54, 1.807) is 6.07 Å². The molecule has 0 heterocycles. The molecule has 0 radical (unpaired) electrons. The number of rotatable bonds is 13. The molecule has 6 heteroatoms. The summed E-state index contributed by atoms with van der Waals surface area (Å²) in [6.45, 7) is 5.76. The van der Waals surface area contributed by atoms with Gasteiger partial charge in [0.05, 0.1) is 18.1 Å². The summed E-state index contributed by atoms with van der Waals surface area (Å²) < 4.78 is 20.8. The molecule has 0 fully saturated rings. The summed E-state index contributed by atoms with van der Waals surface area (Å²) in [5.74, 6) is -0.371. The molecule has 0 bridgehead atoms. The van der Waals surface area contributed by atoms with Crippen LogP contribution < -0.4 is 10.1 Å². The Balaban J connectivity index is 1.56. The summed E-state index contributed by atoms with van der Waals surface area (Å²) in [7, 11) is 0. The van der Waals surface area contributed by atoms with Gasteiger partial charge < -0.3 is 15.2 Å². The number of aliphatic carboxylic acids is 1. The van der Waals surface area contributed by atoms with Crippen LogP contribution in [0.3, 0.4) is 0 Å². The molecule has 0 saturated carbocycles. The van der Waals surface area contributed by atoms with Crippen LogP contribution >= 0.6 is 11.6 Å². The smallest absolute Gasteiger partial charge is 0.304 e. The van der Waals surface area contributed by atoms with E-state index in [-0.39, 0.29) is 23.2 Å². The quantitative estimate of drug-likeness (QED) is 0.254. The van der Waals surface area contributed by atoms with Gasteiger partial charge in [-0.15, -0.1) is 0 Å². The molecule has 3 rings (SSSR count). The van der Waals surface area contributed by atoms with E-state index in [1.807, 2.05) is 36.4 Å². The molecule has 1 unspecified atom stereocenters. The second-order valence-electron chi connectivity index (χ2n) is 8.92. The molecule has 4 nitrogen and oxygen atoms in total. The van der Waals surface area contributed by atoms with Gasteiger partial charge in [0.15, 0.2) is 0 Å². The normalized spacial score (nSPS) is 11.9. The van der Waals surface area contributed by atoms with Gasteiger partial charge in [-0.3, -0.25) is 4.79 Å². The maximum absolute atomic E-state index is 14.9. The summed E-state index contributed by atoms with van der Waals surface area (Å²) >= 11 is 6.08. The van der Waals surface area contributed by atoms with Crippen molar-refractivity contribution in [1.29, 1.82) is 0 Å². The van der Waals surface area contributed by atoms with E-state index in [0.29, 0.717) is 25.3 Å². The van der Waals surface area contributed by atoms with Crippen molar-refractivity contribution in [2.45, 2.75) is 52.0 Å². The number of carboxylic acid groups (broad SMARTS) is 1. The number of nitrogens with one attached hydrogen (secondary N) is 1. The predicted octanol–water partition coefficient (Wildman–Crippen LogP) is 6.85. The van der Waals surface area contributed by atoms with Crippen molar-refractivity contribution in [3.8, 4) is 5.75 Å². The molecule has 0 aromatic heterocycles. The summed E-state index contributed by atoms with van der Waals surface area (Å²) in [4.78, 5) is 10.6. The molecule has 3 aromatic rings. The molecule has 0 aliphatic rings. The van der Waals surface area contributed by atoms with Crippen LogP contribution in [-0.2, 0) is 17.8 Å². The monoisotopic (exact) mass is 497 g/mol. The Bertz CT molecular complexity index is 1120. The highest BCUT2D eigenvalue weighted by molar-refractivity contribution is 6.30. The third-order valence-corrected chi connectivity index (χ3v) is 6.50. The highest BCUT2D eigenvalue weighted by atomic mass is 35.5. The van der Waals surface area contributed by atoms with Crippen LogP contribution in [0.15, 0.2) is 60.7 Å². The van der Waals surface area contributed by atoms with E-state index in [2.05, 4.69) is 37.4 Å². The van der Waals surface area contributed by atoms with E-state index in [1.165, 1.54) is 16.7 Å². The molecule has 2 N–H and O–H groups in total. The van der Waals surface area contributed by atoms with Gasteiger partial charge >= 0.3 is 5.97 Å². The van der Waals surface area contributed by atoms with Gasteiger partial charge in [-0.2, -0.15) is 0 Å². The summed E-state index contributed by atoms with van der Waals surface area (Å²) in [6.07, 6.45) is 2.39. The van der Waals surface area contributed by atoms with Crippen LogP contribution in [-0.4, -0.2) is 24.2 Å². The lowest BCUT2D eigenvalue weighted by atomic mass is 9.87. The topological polar surface area (TPSA) is 58.6 Å². The zero-order valence-electron chi connectivity index (χ0n) is 20.3. The first-order chi connectivity index (χ1) is 16.8. The summed E-state index contributed by atoms with van der Waals surface area (Å²) in [5.41, 5.74) is 5.38. The number of hydrogen-bond acceptors (Lipinski definition) is 3. The van der Waals surface area contributed by atoms with E-state index in [9.17, 15) is 9.18 Å². The standard InChI is InChI=1S/C29H33ClFNO3/c1-20-8-9-23(17-21(20)2)18-24(26-6-3-7-27(30)29(26)31)5-4-16-35-25-12-10-22(11-13-25)19-32-15-14-28(33)34/h3,6-13,17,24,32H,4-5,14-16,18-19H2,1-2H3,(H,33,34). The van der Waals surface area contributed by atoms with E-state index < -0.39 is 5.97 Å². The number of carbonyl (C=O) groups is 1. The predicted molar refractivity (Wildman–Crippen MR) is 139 cm³/mol. The van der Waals surface area contributed by atoms with Crippen molar-refractivity contribution in [3.63, 3.8) is 0 Å². The number of ether oxygens (including phenoxy) is 1. The fraction of sp³-hybridized carbons (Fsp3) is 0.345. The first-order valence-electron chi connectivity index (χ1n) is 12.0. The third kappa shape index (κ3) is 8.37. The zero-order valence-corrected chi connectivity index (χ0v) is 21.1. The van der Waals surface area contributed by atoms with Crippen molar-refractivity contribution in [3.05, 3.63) is 99.3 Å². The second-order valence-corrected chi connectivity index (χ2v) is 9.33. The van der Waals surface area contributed by atoms with Crippen LogP contribution in [0.2, 0.25) is 5.02 Å². The number of benzene rings is 3. The third-order valence-electron chi connectivity index (χ3n) is 6.21. The first kappa shape index (κ1) is 26.7. The van der Waals surface area contributed by atoms with Crippen molar-refractivity contribution >= 4 is 17.6 Å². The van der Waals surface area contributed by atoms with Crippen molar-refractivity contribution in [2.75, 3.05) is 13.2 Å². The largest absolute Gasteiger partial charge is 0.494 e. The Morgan fingerprint density at radius 2 is 1.80 bits per heavy atom. The van der Waals surface area contributed by atoms with Crippen molar-refractivity contribution < 1.29 is 19.0 Å². The Labute approximate surface area is 212 Å². The molecular formula is C29H33ClFNO3. The average molecular weight is 498 g/mol. The van der Waals surface area contributed by atoms with Gasteiger partial charge in [0.1, 0.15) is 11.6 Å². The van der Waals surface area contributed by atoms with Crippen LogP contribution in [0.5, 0.6) is 5.75 Å². The van der Waals surface area contributed by atoms with E-state index in [0.717, 1.165) is 30.6 Å². The first-order valence-corrected chi connectivity index (χ1v) is 12.4. The van der Waals surface area contributed by atoms with Gasteiger partial charge in [-0.25, -0.2) is 4.39 Å². The SMILES string of the molecule is Cc1ccc(CC(CCCOc2ccc(CNCCC(=O)O)cc2)c2cccc(Cl)c2F)cc1C. The maximum Gasteiger partial charge on any atom is 0.304 e. The minimum Gasteiger partial charge on any atom is -0.494 e. The van der Waals surface area contributed by atoms with Crippen molar-refractivity contribution in [2.24, 2.45) is 0 Å². The number of halogens is 2. The van der Waals surface area contributed by atoms with Crippen LogP contribution in [0.1, 0.15) is 53.0 Å². The Morgan fingerprint density at radius 1 is 1.06 bits per heavy atom. The molecule has 0 aliphatic carbocycles. The Hall–Kier alpha value is -2.89. The Kier molecular flexibility index (Phi) is 10.1. The molecule has 0 aliphatic heterocycles. The van der Waals surface area contributed by atoms with E-state index >= 15 is 0 Å². The lowest BCUT2D eigenvalue weighted by molar-refractivity contribution is -0.136. The molecule has 0 saturated heterocycles. The number of aryl methyl sites for hydroxylation is 2. The second kappa shape index (κ2) is 13.3. The van der Waals surface area contributed by atoms with E-state index in [4.69, 9.17) is 21.4 Å². The summed E-state index contributed by atoms with van der Waals surface area (Å²) in [6, 6.07) is 19.4. The number of hydrogen-bond donors (Lipinski definition) is 2. The van der Waals surface area contributed by atoms with Gasteiger partial charge in [-0.05, 0) is 85.0 Å². The Morgan fingerprint density at radius 3 is 2.51 bits per heavy atom. The van der Waals surface area contributed by atoms with Crippen LogP contribution in [0, 0.1) is 19.7 Å². The highest BCUT2D eigenvalue weighted by Gasteiger charge is 2.18. The molecule has 1 atom stereocenters. The van der Waals surface area contributed by atoms with Gasteiger partial charge in [0.2, 0.25) is 0 Å². The lowest BCUT2D eigenvalue weighted by Crippen LogP contribution is -2.17. The highest BCUT2D eigenvalue weighted by Crippen LogP contribution is 2.31. The van der Waals surface area contributed by atoms with Crippen LogP contribution in [0.25, 0.3) is 0 Å². The average Bonchev–Trinajstić information content (AvgIpc) is 2.83. The molecule has 186 valence electrons. The van der Waals surface area contributed by atoms with Crippen molar-refractivity contribution in [1.82, 2.24) is 5.32 Å². The minimum atomic E-state index is -0.810. The molecule has 0 amide bonds. The van der Waals surface area contributed by atoms with Gasteiger partial charge in [0.25, 0.3) is 0 Å². The fourth-order valence-corrected chi connectivity index (χ4v) is 4.25. The molecule has 3 aromatic carbocycles. The molecule has 0 spiro atoms. The zero-order chi connectivity index (χ0) is 25.2. The fourth-order valence-electron chi connectivity index (χ4n) is 4.07. The summed E-state index contributed by atoms with van der Waals surface area (Å²) in [5, 5.41) is 11.9. The lowest BCUT2D eigenvalue weighted by Gasteiger charge is -2.20. The number of carboxylic acids is 1. The van der Waals surface area contributed by atoms with Crippen LogP contribution in [0.4, 0.5) is 4.39 Å².